The zero-order valence-electron chi connectivity index (χ0n) is 19.1. The molecule has 0 bridgehead atoms. The van der Waals surface area contributed by atoms with E-state index in [0.717, 1.165) is 21.9 Å². The molecule has 0 aromatic heterocycles. The van der Waals surface area contributed by atoms with Crippen LogP contribution in [0.4, 0.5) is 5.69 Å². The molecule has 4 aromatic carbocycles. The Kier molecular flexibility index (Phi) is 7.81. The van der Waals surface area contributed by atoms with Crippen LogP contribution in [0.1, 0.15) is 18.1 Å². The van der Waals surface area contributed by atoms with Crippen LogP contribution < -0.4 is 14.8 Å². The summed E-state index contributed by atoms with van der Waals surface area (Å²) in [7, 11) is 0. The van der Waals surface area contributed by atoms with Crippen molar-refractivity contribution in [2.24, 2.45) is 0 Å². The second-order valence-electron chi connectivity index (χ2n) is 7.69. The maximum atomic E-state index is 12.3. The smallest absolute Gasteiger partial charge is 0.262 e. The number of fused-ring (bicyclic) bond motifs is 1. The number of hydrogen-bond acceptors (Lipinski definition) is 4. The lowest BCUT2D eigenvalue weighted by Gasteiger charge is -2.14. The van der Waals surface area contributed by atoms with Gasteiger partial charge in [0.25, 0.3) is 5.91 Å². The van der Waals surface area contributed by atoms with E-state index >= 15 is 0 Å². The molecule has 0 saturated heterocycles. The van der Waals surface area contributed by atoms with E-state index in [9.17, 15) is 10.1 Å². The van der Waals surface area contributed by atoms with Crippen molar-refractivity contribution >= 4 is 49.9 Å². The van der Waals surface area contributed by atoms with Gasteiger partial charge in [0.05, 0.1) is 18.2 Å². The van der Waals surface area contributed by atoms with Crippen molar-refractivity contribution in [3.05, 3.63) is 101 Å². The lowest BCUT2D eigenvalue weighted by Crippen LogP contribution is -2.20. The number of amides is 1. The van der Waals surface area contributed by atoms with Gasteiger partial charge in [-0.05, 0) is 65.2 Å². The minimum Gasteiger partial charge on any atom is -0.490 e. The summed E-state index contributed by atoms with van der Waals surface area (Å²) in [5.41, 5.74) is 2.81. The zero-order valence-corrected chi connectivity index (χ0v) is 20.7. The minimum atomic E-state index is -0.276. The minimum absolute atomic E-state index is 0.170. The van der Waals surface area contributed by atoms with Crippen LogP contribution in [0.15, 0.2) is 89.4 Å². The number of allylic oxidation sites excluding steroid dienone is 1. The van der Waals surface area contributed by atoms with E-state index < -0.39 is 0 Å². The van der Waals surface area contributed by atoms with Gasteiger partial charge in [0, 0.05) is 10.2 Å². The molecule has 35 heavy (non-hydrogen) atoms. The summed E-state index contributed by atoms with van der Waals surface area (Å²) in [5.74, 6) is 0.648. The van der Waals surface area contributed by atoms with Crippen LogP contribution in [0.3, 0.4) is 0 Å². The number of nitriles is 1. The molecule has 5 nitrogen and oxygen atoms in total. The van der Waals surface area contributed by atoms with Crippen molar-refractivity contribution in [1.29, 1.82) is 5.26 Å². The molecule has 1 amide bonds. The number of carbonyl (C=O) groups is 1. The van der Waals surface area contributed by atoms with Crippen molar-refractivity contribution in [3.8, 4) is 17.6 Å². The summed E-state index contributed by atoms with van der Waals surface area (Å²) in [5, 5.41) is 14.8. The van der Waals surface area contributed by atoms with Gasteiger partial charge in [-0.3, -0.25) is 4.79 Å². The first-order valence-electron chi connectivity index (χ1n) is 11.1. The molecule has 0 aliphatic heterocycles. The Morgan fingerprint density at radius 3 is 2.40 bits per heavy atom. The number of carbonyl (C=O) groups excluding carboxylic acids is 1. The SMILES string of the molecule is CCOc1cc(/C=C(/C#N)c2ccc3ccccc3c2)c(Br)cc1OCC(=O)Nc1ccccc1. The van der Waals surface area contributed by atoms with E-state index in [4.69, 9.17) is 9.47 Å². The average molecular weight is 527 g/mol. The van der Waals surface area contributed by atoms with Crippen molar-refractivity contribution in [2.45, 2.75) is 6.92 Å². The summed E-state index contributed by atoms with van der Waals surface area (Å²) in [6.45, 7) is 2.13. The van der Waals surface area contributed by atoms with E-state index in [2.05, 4.69) is 27.3 Å². The van der Waals surface area contributed by atoms with Crippen molar-refractivity contribution in [1.82, 2.24) is 0 Å². The maximum Gasteiger partial charge on any atom is 0.262 e. The van der Waals surface area contributed by atoms with Crippen LogP contribution >= 0.6 is 15.9 Å². The number of nitrogens with zero attached hydrogens (tertiary/aromatic N) is 1. The van der Waals surface area contributed by atoms with Crippen LogP contribution in [0, 0.1) is 11.3 Å². The zero-order chi connectivity index (χ0) is 24.6. The molecule has 174 valence electrons. The fourth-order valence-electron chi connectivity index (χ4n) is 3.60. The number of para-hydroxylation sites is 1. The highest BCUT2D eigenvalue weighted by Gasteiger charge is 2.13. The highest BCUT2D eigenvalue weighted by Crippen LogP contribution is 2.36. The van der Waals surface area contributed by atoms with Gasteiger partial charge in [-0.25, -0.2) is 0 Å². The molecule has 0 fully saturated rings. The monoisotopic (exact) mass is 526 g/mol. The Morgan fingerprint density at radius 2 is 1.66 bits per heavy atom. The van der Waals surface area contributed by atoms with E-state index in [-0.39, 0.29) is 12.5 Å². The normalized spacial score (nSPS) is 11.1. The van der Waals surface area contributed by atoms with Crippen LogP contribution in [-0.2, 0) is 4.79 Å². The maximum absolute atomic E-state index is 12.3. The summed E-state index contributed by atoms with van der Waals surface area (Å²) >= 11 is 3.57. The van der Waals surface area contributed by atoms with Gasteiger partial charge in [-0.15, -0.1) is 0 Å². The lowest BCUT2D eigenvalue weighted by molar-refractivity contribution is -0.118. The number of nitrogens with one attached hydrogen (secondary N) is 1. The van der Waals surface area contributed by atoms with Crippen LogP contribution in [0.2, 0.25) is 0 Å². The number of hydrogen-bond donors (Lipinski definition) is 1. The molecule has 0 saturated carbocycles. The first kappa shape index (κ1) is 24.1. The average Bonchev–Trinajstić information content (AvgIpc) is 2.88. The second-order valence-corrected chi connectivity index (χ2v) is 8.54. The summed E-state index contributed by atoms with van der Waals surface area (Å²) in [4.78, 5) is 12.3. The molecule has 0 aliphatic carbocycles. The Balaban J connectivity index is 1.58. The Labute approximate surface area is 212 Å². The number of benzene rings is 4. The fourth-order valence-corrected chi connectivity index (χ4v) is 4.03. The predicted molar refractivity (Wildman–Crippen MR) is 143 cm³/mol. The number of anilines is 1. The van der Waals surface area contributed by atoms with Crippen LogP contribution in [0.5, 0.6) is 11.5 Å². The van der Waals surface area contributed by atoms with Crippen LogP contribution in [0.25, 0.3) is 22.4 Å². The number of halogens is 1. The molecule has 0 unspecified atom stereocenters. The van der Waals surface area contributed by atoms with Crippen molar-refractivity contribution in [3.63, 3.8) is 0 Å². The highest BCUT2D eigenvalue weighted by molar-refractivity contribution is 9.10. The molecule has 0 radical (unpaired) electrons. The molecular weight excluding hydrogens is 504 g/mol. The number of ether oxygens (including phenoxy) is 2. The molecule has 0 atom stereocenters. The van der Waals surface area contributed by atoms with E-state index in [0.29, 0.717) is 33.8 Å². The summed E-state index contributed by atoms with van der Waals surface area (Å²) < 4.78 is 12.3. The third-order valence-electron chi connectivity index (χ3n) is 5.26. The van der Waals surface area contributed by atoms with Gasteiger partial charge in [0.1, 0.15) is 0 Å². The third-order valence-corrected chi connectivity index (χ3v) is 5.95. The second kappa shape index (κ2) is 11.4. The van der Waals surface area contributed by atoms with Crippen molar-refractivity contribution in [2.75, 3.05) is 18.5 Å². The van der Waals surface area contributed by atoms with Gasteiger partial charge in [0.2, 0.25) is 0 Å². The van der Waals surface area contributed by atoms with Gasteiger partial charge < -0.3 is 14.8 Å². The van der Waals surface area contributed by atoms with E-state index in [1.54, 1.807) is 12.1 Å². The highest BCUT2D eigenvalue weighted by atomic mass is 79.9. The Hall–Kier alpha value is -4.08. The Bertz CT molecular complexity index is 1430. The molecular formula is C29H23BrN2O3. The van der Waals surface area contributed by atoms with Gasteiger partial charge in [-0.1, -0.05) is 70.5 Å². The molecule has 0 heterocycles. The number of rotatable bonds is 8. The van der Waals surface area contributed by atoms with E-state index in [1.165, 1.54) is 0 Å². The quantitative estimate of drug-likeness (QED) is 0.196. The molecule has 0 aliphatic rings. The summed E-state index contributed by atoms with van der Waals surface area (Å²) in [6, 6.07) is 29.0. The van der Waals surface area contributed by atoms with Gasteiger partial charge in [0.15, 0.2) is 18.1 Å². The van der Waals surface area contributed by atoms with Gasteiger partial charge in [-0.2, -0.15) is 5.26 Å². The lowest BCUT2D eigenvalue weighted by atomic mass is 10.00. The predicted octanol–water partition coefficient (Wildman–Crippen LogP) is 7.08. The standard InChI is InChI=1S/C29H23BrN2O3/c1-2-34-27-16-23(15-24(18-31)22-13-12-20-8-6-7-9-21(20)14-22)26(30)17-28(27)35-19-29(33)32-25-10-4-3-5-11-25/h3-17H,2,19H2,1H3,(H,32,33)/b24-15-. The van der Waals surface area contributed by atoms with E-state index in [1.807, 2.05) is 85.8 Å². The molecule has 4 aromatic rings. The summed E-state index contributed by atoms with van der Waals surface area (Å²) in [6.07, 6.45) is 1.81. The largest absolute Gasteiger partial charge is 0.490 e. The molecule has 4 rings (SSSR count). The third kappa shape index (κ3) is 6.08. The first-order chi connectivity index (χ1) is 17.1. The first-order valence-corrected chi connectivity index (χ1v) is 11.9. The van der Waals surface area contributed by atoms with Gasteiger partial charge >= 0.3 is 0 Å². The molecule has 0 spiro atoms. The molecule has 1 N–H and O–H groups in total. The Morgan fingerprint density at radius 1 is 0.943 bits per heavy atom. The molecule has 6 heteroatoms. The van der Waals surface area contributed by atoms with Crippen molar-refractivity contribution < 1.29 is 14.3 Å². The topological polar surface area (TPSA) is 71.3 Å². The fraction of sp³-hybridized carbons (Fsp3) is 0.103. The van der Waals surface area contributed by atoms with Crippen LogP contribution in [-0.4, -0.2) is 19.1 Å².